The predicted molar refractivity (Wildman–Crippen MR) is 75.7 cm³/mol. The Morgan fingerprint density at radius 3 is 2.35 bits per heavy atom. The molecule has 114 valence electrons. The van der Waals surface area contributed by atoms with Crippen molar-refractivity contribution in [2.45, 2.75) is 25.4 Å². The van der Waals surface area contributed by atoms with Crippen LogP contribution in [0.5, 0.6) is 0 Å². The fraction of sp³-hybridized carbons (Fsp3) is 0.846. The molecule has 7 heteroatoms. The molecule has 0 radical (unpaired) electrons. The number of carbonyl (C=O) groups excluding carboxylic acids is 2. The number of rotatable bonds is 1. The van der Waals surface area contributed by atoms with E-state index in [1.165, 1.54) is 0 Å². The Morgan fingerprint density at radius 2 is 1.75 bits per heavy atom. The predicted octanol–water partition coefficient (Wildman–Crippen LogP) is -0.524. The minimum atomic E-state index is -0.0530. The second kappa shape index (κ2) is 6.28. The number of ether oxygens (including phenoxy) is 1. The fourth-order valence-corrected chi connectivity index (χ4v) is 3.28. The third kappa shape index (κ3) is 2.92. The number of fused-ring (bicyclic) bond motifs is 1. The average molecular weight is 304 g/mol. The van der Waals surface area contributed by atoms with Crippen LogP contribution >= 0.6 is 12.4 Å². The van der Waals surface area contributed by atoms with Gasteiger partial charge in [0.1, 0.15) is 0 Å². The van der Waals surface area contributed by atoms with Crippen LogP contribution in [0.4, 0.5) is 0 Å². The zero-order chi connectivity index (χ0) is 13.4. The highest BCUT2D eigenvalue weighted by molar-refractivity contribution is 5.85. The highest BCUT2D eigenvalue weighted by Crippen LogP contribution is 2.27. The number of nitrogens with zero attached hydrogens (tertiary/aromatic N) is 2. The summed E-state index contributed by atoms with van der Waals surface area (Å²) in [6.45, 7) is 5.71. The Labute approximate surface area is 125 Å². The lowest BCUT2D eigenvalue weighted by Gasteiger charge is -2.35. The van der Waals surface area contributed by atoms with Crippen molar-refractivity contribution in [1.29, 1.82) is 0 Å². The summed E-state index contributed by atoms with van der Waals surface area (Å²) < 4.78 is 5.39. The van der Waals surface area contributed by atoms with Gasteiger partial charge in [-0.3, -0.25) is 9.59 Å². The number of carbonyl (C=O) groups is 2. The number of amides is 2. The number of nitrogens with one attached hydrogen (secondary N) is 1. The molecule has 3 fully saturated rings. The minimum Gasteiger partial charge on any atom is -0.379 e. The van der Waals surface area contributed by atoms with Crippen molar-refractivity contribution in [3.8, 4) is 0 Å². The Morgan fingerprint density at radius 1 is 1.10 bits per heavy atom. The van der Waals surface area contributed by atoms with E-state index in [1.807, 2.05) is 4.90 Å². The molecule has 0 aromatic rings. The van der Waals surface area contributed by atoms with E-state index in [-0.39, 0.29) is 30.3 Å². The van der Waals surface area contributed by atoms with Gasteiger partial charge in [-0.15, -0.1) is 12.4 Å². The van der Waals surface area contributed by atoms with E-state index in [0.29, 0.717) is 38.1 Å². The van der Waals surface area contributed by atoms with Crippen molar-refractivity contribution in [3.05, 3.63) is 0 Å². The van der Waals surface area contributed by atoms with E-state index in [1.54, 1.807) is 11.8 Å². The third-order valence-corrected chi connectivity index (χ3v) is 4.49. The summed E-state index contributed by atoms with van der Waals surface area (Å²) in [5.41, 5.74) is 0. The Hall–Kier alpha value is -0.850. The first kappa shape index (κ1) is 15.5. The third-order valence-electron chi connectivity index (χ3n) is 4.49. The largest absolute Gasteiger partial charge is 0.379 e. The molecular formula is C13H22ClN3O3. The standard InChI is InChI=1S/C13H21N3O3.ClH/c1-9(17)15-2-4-16(5-3-15)13(18)11-6-10-7-19-8-12(10)14-11;/h10-12,14H,2-8H2,1H3;1H/t10-,11-,12+;/m0./s1. The van der Waals surface area contributed by atoms with Crippen LogP contribution in [-0.4, -0.2) is 73.1 Å². The molecule has 3 rings (SSSR count). The van der Waals surface area contributed by atoms with Crippen LogP contribution in [0.3, 0.4) is 0 Å². The summed E-state index contributed by atoms with van der Waals surface area (Å²) >= 11 is 0. The Kier molecular flexibility index (Phi) is 4.88. The SMILES string of the molecule is CC(=O)N1CCN(C(=O)[C@@H]2C[C@H]3COC[C@H]3N2)CC1.Cl. The molecule has 3 aliphatic rings. The molecule has 3 heterocycles. The van der Waals surface area contributed by atoms with Crippen molar-refractivity contribution in [2.75, 3.05) is 39.4 Å². The summed E-state index contributed by atoms with van der Waals surface area (Å²) in [5.74, 6) is 0.780. The fourth-order valence-electron chi connectivity index (χ4n) is 3.28. The van der Waals surface area contributed by atoms with Crippen LogP contribution in [0.1, 0.15) is 13.3 Å². The molecule has 3 saturated heterocycles. The summed E-state index contributed by atoms with van der Waals surface area (Å²) in [6.07, 6.45) is 0.885. The molecule has 20 heavy (non-hydrogen) atoms. The molecule has 0 bridgehead atoms. The smallest absolute Gasteiger partial charge is 0.239 e. The molecule has 3 aliphatic heterocycles. The Balaban J connectivity index is 0.00000147. The maximum atomic E-state index is 12.4. The Bertz CT molecular complexity index is 373. The maximum absolute atomic E-state index is 12.4. The van der Waals surface area contributed by atoms with Gasteiger partial charge in [0, 0.05) is 45.1 Å². The second-order valence-electron chi connectivity index (χ2n) is 5.69. The number of halogens is 1. The molecule has 2 amide bonds. The topological polar surface area (TPSA) is 61.9 Å². The first-order valence-electron chi connectivity index (χ1n) is 7.03. The highest BCUT2D eigenvalue weighted by atomic mass is 35.5. The van der Waals surface area contributed by atoms with Gasteiger partial charge < -0.3 is 19.9 Å². The average Bonchev–Trinajstić information content (AvgIpc) is 2.98. The molecule has 6 nitrogen and oxygen atoms in total. The van der Waals surface area contributed by atoms with Crippen molar-refractivity contribution >= 4 is 24.2 Å². The quantitative estimate of drug-likeness (QED) is 0.708. The van der Waals surface area contributed by atoms with Crippen molar-refractivity contribution in [2.24, 2.45) is 5.92 Å². The van der Waals surface area contributed by atoms with Gasteiger partial charge in [0.05, 0.1) is 19.3 Å². The molecule has 0 aromatic heterocycles. The van der Waals surface area contributed by atoms with E-state index in [0.717, 1.165) is 19.6 Å². The van der Waals surface area contributed by atoms with Crippen LogP contribution in [0.15, 0.2) is 0 Å². The first-order chi connectivity index (χ1) is 9.15. The lowest BCUT2D eigenvalue weighted by Crippen LogP contribution is -2.54. The molecular weight excluding hydrogens is 282 g/mol. The zero-order valence-corrected chi connectivity index (χ0v) is 12.5. The molecule has 0 saturated carbocycles. The van der Waals surface area contributed by atoms with E-state index in [4.69, 9.17) is 4.74 Å². The molecule has 1 N–H and O–H groups in total. The van der Waals surface area contributed by atoms with Crippen LogP contribution in [0, 0.1) is 5.92 Å². The summed E-state index contributed by atoms with van der Waals surface area (Å²) in [4.78, 5) is 27.4. The molecule has 3 atom stereocenters. The van der Waals surface area contributed by atoms with E-state index in [2.05, 4.69) is 5.32 Å². The summed E-state index contributed by atoms with van der Waals surface area (Å²) in [5, 5.41) is 3.39. The number of hydrogen-bond acceptors (Lipinski definition) is 4. The van der Waals surface area contributed by atoms with Crippen molar-refractivity contribution in [1.82, 2.24) is 15.1 Å². The van der Waals surface area contributed by atoms with Gasteiger partial charge in [-0.1, -0.05) is 0 Å². The highest BCUT2D eigenvalue weighted by Gasteiger charge is 2.42. The normalized spacial score (nSPS) is 32.8. The zero-order valence-electron chi connectivity index (χ0n) is 11.7. The van der Waals surface area contributed by atoms with Gasteiger partial charge in [-0.05, 0) is 6.42 Å². The minimum absolute atomic E-state index is 0. The van der Waals surface area contributed by atoms with Crippen LogP contribution < -0.4 is 5.32 Å². The molecule has 0 unspecified atom stereocenters. The van der Waals surface area contributed by atoms with Gasteiger partial charge in [0.25, 0.3) is 0 Å². The van der Waals surface area contributed by atoms with Crippen molar-refractivity contribution < 1.29 is 14.3 Å². The molecule has 0 aliphatic carbocycles. The lowest BCUT2D eigenvalue weighted by molar-refractivity contribution is -0.139. The van der Waals surface area contributed by atoms with Crippen LogP contribution in [0.2, 0.25) is 0 Å². The maximum Gasteiger partial charge on any atom is 0.239 e. The van der Waals surface area contributed by atoms with Gasteiger partial charge in [0.2, 0.25) is 11.8 Å². The first-order valence-corrected chi connectivity index (χ1v) is 7.03. The van der Waals surface area contributed by atoms with E-state index < -0.39 is 0 Å². The summed E-state index contributed by atoms with van der Waals surface area (Å²) in [6, 6.07) is 0.301. The van der Waals surface area contributed by atoms with Gasteiger partial charge >= 0.3 is 0 Å². The number of piperazine rings is 1. The van der Waals surface area contributed by atoms with Gasteiger partial charge in [-0.2, -0.15) is 0 Å². The number of hydrogen-bond donors (Lipinski definition) is 1. The molecule has 0 aromatic carbocycles. The van der Waals surface area contributed by atoms with Gasteiger partial charge in [0.15, 0.2) is 0 Å². The van der Waals surface area contributed by atoms with Crippen LogP contribution in [-0.2, 0) is 14.3 Å². The van der Waals surface area contributed by atoms with Gasteiger partial charge in [-0.25, -0.2) is 0 Å². The van der Waals surface area contributed by atoms with Crippen molar-refractivity contribution in [3.63, 3.8) is 0 Å². The molecule has 0 spiro atoms. The van der Waals surface area contributed by atoms with Crippen LogP contribution in [0.25, 0.3) is 0 Å². The lowest BCUT2D eigenvalue weighted by atomic mass is 10.0. The van der Waals surface area contributed by atoms with E-state index >= 15 is 0 Å². The summed E-state index contributed by atoms with van der Waals surface area (Å²) in [7, 11) is 0. The van der Waals surface area contributed by atoms with E-state index in [9.17, 15) is 9.59 Å². The second-order valence-corrected chi connectivity index (χ2v) is 5.69. The monoisotopic (exact) mass is 303 g/mol.